The minimum atomic E-state index is -0.705. The zero-order valence-corrected chi connectivity index (χ0v) is 15.9. The van der Waals surface area contributed by atoms with Crippen LogP contribution in [-0.2, 0) is 4.79 Å². The Kier molecular flexibility index (Phi) is 6.40. The van der Waals surface area contributed by atoms with Crippen molar-refractivity contribution in [2.45, 2.75) is 32.7 Å². The van der Waals surface area contributed by atoms with Crippen LogP contribution in [0, 0.1) is 5.92 Å². The van der Waals surface area contributed by atoms with Gasteiger partial charge in [0.15, 0.2) is 11.5 Å². The van der Waals surface area contributed by atoms with Gasteiger partial charge in [-0.25, -0.2) is 0 Å². The summed E-state index contributed by atoms with van der Waals surface area (Å²) in [4.78, 5) is 13.6. The van der Waals surface area contributed by atoms with Crippen molar-refractivity contribution in [2.75, 3.05) is 26.3 Å². The van der Waals surface area contributed by atoms with E-state index >= 15 is 0 Å². The molecule has 1 N–H and O–H groups in total. The van der Waals surface area contributed by atoms with Gasteiger partial charge in [-0.15, -0.1) is 0 Å². The van der Waals surface area contributed by atoms with E-state index in [1.54, 1.807) is 6.26 Å². The number of ether oxygens (including phenoxy) is 2. The molecule has 1 saturated heterocycles. The second kappa shape index (κ2) is 8.95. The highest BCUT2D eigenvalue weighted by molar-refractivity contribution is 5.70. The number of hydrogen-bond donors (Lipinski definition) is 1. The molecule has 1 atom stereocenters. The molecule has 1 aliphatic heterocycles. The predicted octanol–water partition coefficient (Wildman–Crippen LogP) is 3.96. The molecule has 0 spiro atoms. The molecule has 6 nitrogen and oxygen atoms in total. The predicted molar refractivity (Wildman–Crippen MR) is 101 cm³/mol. The molecule has 6 heteroatoms. The smallest absolute Gasteiger partial charge is 0.306 e. The molecular weight excluding hydrogens is 346 g/mol. The number of likely N-dealkylation sites (tertiary alicyclic amines) is 1. The van der Waals surface area contributed by atoms with Gasteiger partial charge in [0.1, 0.15) is 5.76 Å². The topological polar surface area (TPSA) is 72.1 Å². The molecule has 1 aromatic carbocycles. The Bertz CT molecular complexity index is 735. The van der Waals surface area contributed by atoms with Crippen molar-refractivity contribution in [3.05, 3.63) is 47.9 Å². The van der Waals surface area contributed by atoms with Crippen LogP contribution < -0.4 is 9.47 Å². The maximum Gasteiger partial charge on any atom is 0.306 e. The lowest BCUT2D eigenvalue weighted by atomic mass is 9.93. The van der Waals surface area contributed by atoms with Gasteiger partial charge in [0.2, 0.25) is 0 Å². The standard InChI is InChI=1S/C21H27NO5/c1-3-25-17-8-7-16(14-19(17)26-4-2)20(18-6-5-13-27-18)22-11-9-15(10-12-22)21(23)24/h5-8,13-15,20H,3-4,9-12H2,1-2H3,(H,23,24). The molecule has 3 rings (SSSR count). The van der Waals surface area contributed by atoms with Crippen LogP contribution in [-0.4, -0.2) is 42.3 Å². The highest BCUT2D eigenvalue weighted by Gasteiger charge is 2.31. The van der Waals surface area contributed by atoms with Crippen LogP contribution in [0.15, 0.2) is 41.0 Å². The molecule has 0 radical (unpaired) electrons. The fourth-order valence-electron chi connectivity index (χ4n) is 3.64. The first-order valence-electron chi connectivity index (χ1n) is 9.53. The second-order valence-electron chi connectivity index (χ2n) is 6.64. The summed E-state index contributed by atoms with van der Waals surface area (Å²) in [7, 11) is 0. The van der Waals surface area contributed by atoms with Gasteiger partial charge in [-0.05, 0) is 69.6 Å². The first kappa shape index (κ1) is 19.3. The molecule has 0 aliphatic carbocycles. The minimum Gasteiger partial charge on any atom is -0.490 e. The number of piperidine rings is 1. The number of furan rings is 1. The number of hydrogen-bond acceptors (Lipinski definition) is 5. The second-order valence-corrected chi connectivity index (χ2v) is 6.64. The lowest BCUT2D eigenvalue weighted by molar-refractivity contribution is -0.143. The third kappa shape index (κ3) is 4.45. The van der Waals surface area contributed by atoms with E-state index in [-0.39, 0.29) is 12.0 Å². The number of carboxylic acid groups (broad SMARTS) is 1. The van der Waals surface area contributed by atoms with Crippen molar-refractivity contribution >= 4 is 5.97 Å². The first-order chi connectivity index (χ1) is 13.1. The summed E-state index contributed by atoms with van der Waals surface area (Å²) < 4.78 is 17.2. The van der Waals surface area contributed by atoms with E-state index in [2.05, 4.69) is 4.90 Å². The fraction of sp³-hybridized carbons (Fsp3) is 0.476. The normalized spacial score (nSPS) is 16.8. The zero-order chi connectivity index (χ0) is 19.2. The van der Waals surface area contributed by atoms with Crippen molar-refractivity contribution in [3.63, 3.8) is 0 Å². The number of carboxylic acids is 1. The molecule has 1 aliphatic rings. The van der Waals surface area contributed by atoms with Crippen molar-refractivity contribution < 1.29 is 23.8 Å². The molecule has 1 aromatic heterocycles. The molecule has 0 bridgehead atoms. The molecule has 1 fully saturated rings. The van der Waals surface area contributed by atoms with Crippen LogP contribution in [0.25, 0.3) is 0 Å². The molecular formula is C21H27NO5. The molecule has 146 valence electrons. The SMILES string of the molecule is CCOc1ccc(C(c2ccco2)N2CCC(C(=O)O)CC2)cc1OCC. The first-order valence-corrected chi connectivity index (χ1v) is 9.53. The van der Waals surface area contributed by atoms with Crippen LogP contribution in [0.1, 0.15) is 44.1 Å². The average Bonchev–Trinajstić information content (AvgIpc) is 3.19. The summed E-state index contributed by atoms with van der Waals surface area (Å²) in [6.07, 6.45) is 2.95. The number of carbonyl (C=O) groups is 1. The van der Waals surface area contributed by atoms with Gasteiger partial charge in [0.05, 0.1) is 31.4 Å². The van der Waals surface area contributed by atoms with Gasteiger partial charge in [-0.2, -0.15) is 0 Å². The largest absolute Gasteiger partial charge is 0.490 e. The Morgan fingerprint density at radius 2 is 1.89 bits per heavy atom. The van der Waals surface area contributed by atoms with Gasteiger partial charge in [-0.1, -0.05) is 6.07 Å². The summed E-state index contributed by atoms with van der Waals surface area (Å²) in [6.45, 7) is 6.44. The lowest BCUT2D eigenvalue weighted by Crippen LogP contribution is -2.39. The average molecular weight is 373 g/mol. The lowest BCUT2D eigenvalue weighted by Gasteiger charge is -2.36. The van der Waals surface area contributed by atoms with Crippen LogP contribution in [0.3, 0.4) is 0 Å². The fourth-order valence-corrected chi connectivity index (χ4v) is 3.64. The Balaban J connectivity index is 1.90. The number of benzene rings is 1. The number of rotatable bonds is 8. The molecule has 0 saturated carbocycles. The van der Waals surface area contributed by atoms with Gasteiger partial charge in [0.25, 0.3) is 0 Å². The van der Waals surface area contributed by atoms with Crippen molar-refractivity contribution in [1.29, 1.82) is 0 Å². The van der Waals surface area contributed by atoms with Crippen molar-refractivity contribution in [1.82, 2.24) is 4.90 Å². The van der Waals surface area contributed by atoms with Crippen molar-refractivity contribution in [3.8, 4) is 11.5 Å². The molecule has 0 amide bonds. The summed E-state index contributed by atoms with van der Waals surface area (Å²) >= 11 is 0. The van der Waals surface area contributed by atoms with Crippen LogP contribution in [0.5, 0.6) is 11.5 Å². The number of nitrogens with zero attached hydrogens (tertiary/aromatic N) is 1. The van der Waals surface area contributed by atoms with Gasteiger partial charge in [-0.3, -0.25) is 9.69 Å². The number of aliphatic carboxylic acids is 1. The summed E-state index contributed by atoms with van der Waals surface area (Å²) in [6, 6.07) is 9.73. The van der Waals surface area contributed by atoms with E-state index < -0.39 is 5.97 Å². The van der Waals surface area contributed by atoms with Crippen LogP contribution in [0.2, 0.25) is 0 Å². The Labute approximate surface area is 159 Å². The molecule has 2 heterocycles. The van der Waals surface area contributed by atoms with Crippen LogP contribution >= 0.6 is 0 Å². The maximum atomic E-state index is 11.3. The van der Waals surface area contributed by atoms with E-state index in [1.807, 2.05) is 44.2 Å². The third-order valence-electron chi connectivity index (χ3n) is 4.94. The van der Waals surface area contributed by atoms with E-state index in [9.17, 15) is 9.90 Å². The van der Waals surface area contributed by atoms with E-state index in [1.165, 1.54) is 0 Å². The molecule has 27 heavy (non-hydrogen) atoms. The summed E-state index contributed by atoms with van der Waals surface area (Å²) in [5.74, 6) is 1.32. The molecule has 2 aromatic rings. The van der Waals surface area contributed by atoms with E-state index in [0.717, 1.165) is 17.1 Å². The molecule has 1 unspecified atom stereocenters. The Morgan fingerprint density at radius 1 is 1.19 bits per heavy atom. The van der Waals surface area contributed by atoms with Gasteiger partial charge < -0.3 is 19.0 Å². The Hall–Kier alpha value is -2.47. The summed E-state index contributed by atoms with van der Waals surface area (Å²) in [5.41, 5.74) is 1.05. The minimum absolute atomic E-state index is 0.0790. The quantitative estimate of drug-likeness (QED) is 0.755. The highest BCUT2D eigenvalue weighted by Crippen LogP contribution is 2.37. The van der Waals surface area contributed by atoms with Gasteiger partial charge in [0, 0.05) is 0 Å². The van der Waals surface area contributed by atoms with Crippen LogP contribution in [0.4, 0.5) is 0 Å². The van der Waals surface area contributed by atoms with Gasteiger partial charge >= 0.3 is 5.97 Å². The van der Waals surface area contributed by atoms with E-state index in [4.69, 9.17) is 13.9 Å². The van der Waals surface area contributed by atoms with Crippen molar-refractivity contribution in [2.24, 2.45) is 5.92 Å². The zero-order valence-electron chi connectivity index (χ0n) is 15.9. The maximum absolute atomic E-state index is 11.3. The Morgan fingerprint density at radius 3 is 2.48 bits per heavy atom. The highest BCUT2D eigenvalue weighted by atomic mass is 16.5. The third-order valence-corrected chi connectivity index (χ3v) is 4.94. The van der Waals surface area contributed by atoms with E-state index in [0.29, 0.717) is 44.9 Å². The summed E-state index contributed by atoms with van der Waals surface area (Å²) in [5, 5.41) is 9.27. The monoisotopic (exact) mass is 373 g/mol.